The van der Waals surface area contributed by atoms with Gasteiger partial charge in [0.15, 0.2) is 11.5 Å². The molecule has 1 N–H and O–H groups in total. The van der Waals surface area contributed by atoms with Gasteiger partial charge in [-0.3, -0.25) is 0 Å². The van der Waals surface area contributed by atoms with Gasteiger partial charge in [0.1, 0.15) is 0 Å². The predicted octanol–water partition coefficient (Wildman–Crippen LogP) is 2.73. The van der Waals surface area contributed by atoms with Crippen LogP contribution >= 0.6 is 0 Å². The summed E-state index contributed by atoms with van der Waals surface area (Å²) in [5.41, 5.74) is 1.08. The van der Waals surface area contributed by atoms with Crippen LogP contribution in [0.15, 0.2) is 18.2 Å². The Labute approximate surface area is 143 Å². The number of carbonyl (C=O) groups is 1. The van der Waals surface area contributed by atoms with Gasteiger partial charge >= 0.3 is 6.03 Å². The van der Waals surface area contributed by atoms with Crippen LogP contribution in [-0.2, 0) is 4.74 Å². The van der Waals surface area contributed by atoms with E-state index in [0.717, 1.165) is 44.4 Å². The van der Waals surface area contributed by atoms with Gasteiger partial charge in [0, 0.05) is 19.7 Å². The lowest BCUT2D eigenvalue weighted by atomic mass is 10.0. The first kappa shape index (κ1) is 16.9. The molecule has 3 rings (SSSR count). The second-order valence-corrected chi connectivity index (χ2v) is 6.29. The van der Waals surface area contributed by atoms with E-state index >= 15 is 0 Å². The number of amides is 2. The third-order valence-corrected chi connectivity index (χ3v) is 4.81. The number of ether oxygens (including phenoxy) is 3. The summed E-state index contributed by atoms with van der Waals surface area (Å²) in [6.07, 6.45) is 4.24. The number of urea groups is 1. The summed E-state index contributed by atoms with van der Waals surface area (Å²) in [5.74, 6) is 1.40. The lowest BCUT2D eigenvalue weighted by molar-refractivity contribution is 0.108. The molecule has 1 aromatic carbocycles. The van der Waals surface area contributed by atoms with Crippen molar-refractivity contribution in [1.82, 2.24) is 10.2 Å². The molecular formula is C18H26N2O4. The van der Waals surface area contributed by atoms with E-state index in [2.05, 4.69) is 5.32 Å². The van der Waals surface area contributed by atoms with Gasteiger partial charge in [0.2, 0.25) is 0 Å². The monoisotopic (exact) mass is 334 g/mol. The van der Waals surface area contributed by atoms with E-state index < -0.39 is 0 Å². The fraction of sp³-hybridized carbons (Fsp3) is 0.611. The molecule has 2 atom stereocenters. The Bertz CT molecular complexity index is 572. The van der Waals surface area contributed by atoms with Crippen LogP contribution in [0.3, 0.4) is 0 Å². The molecule has 2 saturated heterocycles. The highest BCUT2D eigenvalue weighted by Gasteiger charge is 2.31. The Kier molecular flexibility index (Phi) is 5.45. The highest BCUT2D eigenvalue weighted by Crippen LogP contribution is 2.36. The Morgan fingerprint density at radius 1 is 1.25 bits per heavy atom. The molecule has 2 fully saturated rings. The standard InChI is InChI=1S/C18H26N2O4/c1-22-16-8-7-13(11-17(16)23-2)15-6-3-9-20(15)18(21)19-12-14-5-4-10-24-14/h7-8,11,14-15H,3-6,9-10,12H2,1-2H3,(H,19,21). The van der Waals surface area contributed by atoms with Crippen LogP contribution in [0.1, 0.15) is 37.3 Å². The van der Waals surface area contributed by atoms with E-state index in [9.17, 15) is 4.79 Å². The van der Waals surface area contributed by atoms with Crippen LogP contribution in [0.4, 0.5) is 4.79 Å². The second-order valence-electron chi connectivity index (χ2n) is 6.29. The Morgan fingerprint density at radius 2 is 2.08 bits per heavy atom. The van der Waals surface area contributed by atoms with E-state index in [4.69, 9.17) is 14.2 Å². The number of rotatable bonds is 5. The number of likely N-dealkylation sites (tertiary alicyclic amines) is 1. The number of nitrogens with one attached hydrogen (secondary N) is 1. The predicted molar refractivity (Wildman–Crippen MR) is 90.6 cm³/mol. The maximum atomic E-state index is 12.6. The minimum atomic E-state index is -0.0113. The minimum Gasteiger partial charge on any atom is -0.493 e. The van der Waals surface area contributed by atoms with Crippen molar-refractivity contribution in [2.75, 3.05) is 33.9 Å². The van der Waals surface area contributed by atoms with Gasteiger partial charge in [-0.2, -0.15) is 0 Å². The zero-order chi connectivity index (χ0) is 16.9. The maximum absolute atomic E-state index is 12.6. The normalized spacial score (nSPS) is 23.3. The lowest BCUT2D eigenvalue weighted by Crippen LogP contribution is -2.42. The Balaban J connectivity index is 1.67. The van der Waals surface area contributed by atoms with Gasteiger partial charge in [-0.15, -0.1) is 0 Å². The number of hydrogen-bond donors (Lipinski definition) is 1. The largest absolute Gasteiger partial charge is 0.493 e. The van der Waals surface area contributed by atoms with Crippen molar-refractivity contribution in [3.8, 4) is 11.5 Å². The van der Waals surface area contributed by atoms with Crippen molar-refractivity contribution in [1.29, 1.82) is 0 Å². The molecule has 2 amide bonds. The summed E-state index contributed by atoms with van der Waals surface area (Å²) < 4.78 is 16.2. The van der Waals surface area contributed by atoms with Gasteiger partial charge in [0.05, 0.1) is 26.4 Å². The summed E-state index contributed by atoms with van der Waals surface area (Å²) in [6, 6.07) is 5.94. The maximum Gasteiger partial charge on any atom is 0.318 e. The van der Waals surface area contributed by atoms with E-state index in [1.54, 1.807) is 14.2 Å². The summed E-state index contributed by atoms with van der Waals surface area (Å²) in [7, 11) is 3.25. The molecule has 6 nitrogen and oxygen atoms in total. The highest BCUT2D eigenvalue weighted by molar-refractivity contribution is 5.75. The first-order chi connectivity index (χ1) is 11.7. The van der Waals surface area contributed by atoms with Gasteiger partial charge in [-0.1, -0.05) is 6.07 Å². The SMILES string of the molecule is COc1ccc(C2CCCN2C(=O)NCC2CCCO2)cc1OC. The number of methoxy groups -OCH3 is 2. The molecule has 0 spiro atoms. The van der Waals surface area contributed by atoms with Crippen molar-refractivity contribution in [2.45, 2.75) is 37.8 Å². The zero-order valence-corrected chi connectivity index (χ0v) is 14.4. The number of carbonyl (C=O) groups excluding carboxylic acids is 1. The van der Waals surface area contributed by atoms with E-state index in [0.29, 0.717) is 18.0 Å². The average molecular weight is 334 g/mol. The second kappa shape index (κ2) is 7.75. The minimum absolute atomic E-state index is 0.0113. The molecule has 0 aliphatic carbocycles. The van der Waals surface area contributed by atoms with Gasteiger partial charge < -0.3 is 24.4 Å². The molecule has 0 saturated carbocycles. The molecule has 24 heavy (non-hydrogen) atoms. The first-order valence-corrected chi connectivity index (χ1v) is 8.61. The molecule has 2 heterocycles. The Morgan fingerprint density at radius 3 is 2.79 bits per heavy atom. The van der Waals surface area contributed by atoms with Crippen molar-refractivity contribution >= 4 is 6.03 Å². The molecule has 0 aromatic heterocycles. The van der Waals surface area contributed by atoms with Gasteiger partial charge in [-0.25, -0.2) is 4.79 Å². The summed E-state index contributed by atoms with van der Waals surface area (Å²) in [4.78, 5) is 14.5. The van der Waals surface area contributed by atoms with Crippen LogP contribution in [-0.4, -0.2) is 51.0 Å². The molecular weight excluding hydrogens is 308 g/mol. The number of hydrogen-bond acceptors (Lipinski definition) is 4. The van der Waals surface area contributed by atoms with Crippen molar-refractivity contribution in [3.05, 3.63) is 23.8 Å². The van der Waals surface area contributed by atoms with Crippen LogP contribution in [0.2, 0.25) is 0 Å². The molecule has 132 valence electrons. The summed E-state index contributed by atoms with van der Waals surface area (Å²) >= 11 is 0. The molecule has 2 aliphatic heterocycles. The topological polar surface area (TPSA) is 60.0 Å². The molecule has 0 radical (unpaired) electrons. The third-order valence-electron chi connectivity index (χ3n) is 4.81. The summed E-state index contributed by atoms with van der Waals surface area (Å²) in [5, 5.41) is 3.02. The Hall–Kier alpha value is -1.95. The summed E-state index contributed by atoms with van der Waals surface area (Å²) in [6.45, 7) is 2.17. The molecule has 1 aromatic rings. The lowest BCUT2D eigenvalue weighted by Gasteiger charge is -2.26. The van der Waals surface area contributed by atoms with Gasteiger partial charge in [-0.05, 0) is 43.4 Å². The van der Waals surface area contributed by atoms with Crippen LogP contribution < -0.4 is 14.8 Å². The van der Waals surface area contributed by atoms with E-state index in [1.807, 2.05) is 23.1 Å². The van der Waals surface area contributed by atoms with Gasteiger partial charge in [0.25, 0.3) is 0 Å². The van der Waals surface area contributed by atoms with Crippen LogP contribution in [0, 0.1) is 0 Å². The van der Waals surface area contributed by atoms with E-state index in [1.165, 1.54) is 0 Å². The quantitative estimate of drug-likeness (QED) is 0.899. The van der Waals surface area contributed by atoms with Crippen molar-refractivity contribution in [2.24, 2.45) is 0 Å². The fourth-order valence-electron chi connectivity index (χ4n) is 3.52. The molecule has 2 aliphatic rings. The number of nitrogens with zero attached hydrogens (tertiary/aromatic N) is 1. The first-order valence-electron chi connectivity index (χ1n) is 8.61. The van der Waals surface area contributed by atoms with E-state index in [-0.39, 0.29) is 18.2 Å². The molecule has 6 heteroatoms. The zero-order valence-electron chi connectivity index (χ0n) is 14.4. The smallest absolute Gasteiger partial charge is 0.318 e. The van der Waals surface area contributed by atoms with Crippen molar-refractivity contribution in [3.63, 3.8) is 0 Å². The van der Waals surface area contributed by atoms with Crippen molar-refractivity contribution < 1.29 is 19.0 Å². The average Bonchev–Trinajstić information content (AvgIpc) is 3.30. The van der Waals surface area contributed by atoms with Crippen LogP contribution in [0.25, 0.3) is 0 Å². The fourth-order valence-corrected chi connectivity index (χ4v) is 3.52. The number of benzene rings is 1. The third kappa shape index (κ3) is 3.59. The molecule has 2 unspecified atom stereocenters. The molecule has 0 bridgehead atoms. The highest BCUT2D eigenvalue weighted by atomic mass is 16.5. The van der Waals surface area contributed by atoms with Crippen LogP contribution in [0.5, 0.6) is 11.5 Å².